The lowest BCUT2D eigenvalue weighted by Gasteiger charge is -1.99. The van der Waals surface area contributed by atoms with Gasteiger partial charge in [-0.05, 0) is 24.3 Å². The van der Waals surface area contributed by atoms with Crippen LogP contribution in [-0.4, -0.2) is 9.97 Å². The van der Waals surface area contributed by atoms with Gasteiger partial charge in [0.2, 0.25) is 0 Å². The summed E-state index contributed by atoms with van der Waals surface area (Å²) in [6, 6.07) is 19.2. The van der Waals surface area contributed by atoms with Gasteiger partial charge in [-0.3, -0.25) is 9.78 Å². The minimum atomic E-state index is -0.531. The van der Waals surface area contributed by atoms with E-state index in [-0.39, 0.29) is 0 Å². The quantitative estimate of drug-likeness (QED) is 0.630. The number of para-hydroxylation sites is 1. The third-order valence-electron chi connectivity index (χ3n) is 3.22. The van der Waals surface area contributed by atoms with E-state index >= 15 is 0 Å². The number of anilines is 1. The van der Waals surface area contributed by atoms with Crippen molar-refractivity contribution in [2.45, 2.75) is 4.90 Å². The molecule has 0 unspecified atom stereocenters. The molecule has 24 heavy (non-hydrogen) atoms. The fourth-order valence-corrected chi connectivity index (χ4v) is 2.82. The van der Waals surface area contributed by atoms with Gasteiger partial charge in [-0.2, -0.15) is 0 Å². The number of thioether (sulfide) groups is 1. The Hall–Kier alpha value is -2.99. The summed E-state index contributed by atoms with van der Waals surface area (Å²) in [5.74, 6) is 0. The van der Waals surface area contributed by atoms with Crippen LogP contribution in [0.1, 0.15) is 0 Å². The predicted molar refractivity (Wildman–Crippen MR) is 98.2 cm³/mol. The van der Waals surface area contributed by atoms with Gasteiger partial charge in [0.15, 0.2) is 0 Å². The highest BCUT2D eigenvalue weighted by Gasteiger charge is 1.97. The molecular weight excluding hydrogens is 322 g/mol. The third-order valence-corrected chi connectivity index (χ3v) is 4.12. The molecule has 0 aliphatic heterocycles. The summed E-state index contributed by atoms with van der Waals surface area (Å²) in [5.41, 5.74) is -0.122. The monoisotopic (exact) mass is 337 g/mol. The number of aromatic nitrogens is 2. The molecule has 0 saturated carbocycles. The van der Waals surface area contributed by atoms with Crippen molar-refractivity contribution in [2.75, 3.05) is 5.32 Å². The van der Waals surface area contributed by atoms with Crippen LogP contribution >= 0.6 is 11.8 Å². The highest BCUT2D eigenvalue weighted by Crippen LogP contribution is 2.17. The summed E-state index contributed by atoms with van der Waals surface area (Å²) in [4.78, 5) is 29.6. The fraction of sp³-hybridized carbons (Fsp3) is 0. The Morgan fingerprint density at radius 1 is 0.875 bits per heavy atom. The van der Waals surface area contributed by atoms with Gasteiger partial charge >= 0.3 is 5.69 Å². The van der Waals surface area contributed by atoms with Gasteiger partial charge < -0.3 is 10.3 Å². The van der Waals surface area contributed by atoms with Crippen LogP contribution in [-0.2, 0) is 0 Å². The molecule has 1 heterocycles. The minimum Gasteiger partial charge on any atom is -0.361 e. The second-order valence-corrected chi connectivity index (χ2v) is 5.88. The molecule has 2 aromatic carbocycles. The van der Waals surface area contributed by atoms with Gasteiger partial charge in [0.05, 0.1) is 10.6 Å². The maximum Gasteiger partial charge on any atom is 0.326 e. The standard InChI is InChI=1S/C18H15N3O2S/c22-17-15(11-19-13-7-3-1-4-8-13)16(20-18(23)21-17)12-24-14-9-5-2-6-10-14/h1-12,19H,(H2,20,21,22,23)/b15-11-,16-12+. The molecule has 0 spiro atoms. The van der Waals surface area contributed by atoms with Crippen molar-refractivity contribution in [1.82, 2.24) is 9.97 Å². The summed E-state index contributed by atoms with van der Waals surface area (Å²) in [6.45, 7) is 0. The Bertz CT molecular complexity index is 1040. The van der Waals surface area contributed by atoms with E-state index in [4.69, 9.17) is 0 Å². The van der Waals surface area contributed by atoms with Crippen molar-refractivity contribution in [1.29, 1.82) is 0 Å². The molecule has 0 aliphatic carbocycles. The van der Waals surface area contributed by atoms with Crippen molar-refractivity contribution < 1.29 is 0 Å². The van der Waals surface area contributed by atoms with Crippen molar-refractivity contribution >= 4 is 29.1 Å². The van der Waals surface area contributed by atoms with Gasteiger partial charge in [0.1, 0.15) is 0 Å². The Kier molecular flexibility index (Phi) is 4.98. The second-order valence-electron chi connectivity index (χ2n) is 4.94. The normalized spacial score (nSPS) is 12.3. The van der Waals surface area contributed by atoms with Crippen LogP contribution in [0.4, 0.5) is 5.69 Å². The molecule has 1 aromatic heterocycles. The van der Waals surface area contributed by atoms with Crippen LogP contribution in [0.3, 0.4) is 0 Å². The van der Waals surface area contributed by atoms with Crippen molar-refractivity contribution in [3.8, 4) is 0 Å². The first-order valence-electron chi connectivity index (χ1n) is 7.29. The van der Waals surface area contributed by atoms with Gasteiger partial charge in [-0.1, -0.05) is 48.2 Å². The summed E-state index contributed by atoms with van der Waals surface area (Å²) in [5, 5.41) is 5.64. The summed E-state index contributed by atoms with van der Waals surface area (Å²) < 4.78 is 0. The smallest absolute Gasteiger partial charge is 0.326 e. The lowest BCUT2D eigenvalue weighted by molar-refractivity contribution is 0.986. The van der Waals surface area contributed by atoms with Crippen LogP contribution in [0.25, 0.3) is 11.6 Å². The molecule has 3 aromatic rings. The van der Waals surface area contributed by atoms with E-state index in [0.717, 1.165) is 10.6 Å². The van der Waals surface area contributed by atoms with E-state index in [0.29, 0.717) is 10.6 Å². The van der Waals surface area contributed by atoms with Gasteiger partial charge in [0.25, 0.3) is 5.56 Å². The van der Waals surface area contributed by atoms with E-state index in [9.17, 15) is 9.59 Å². The summed E-state index contributed by atoms with van der Waals surface area (Å²) in [6.07, 6.45) is 1.58. The first-order chi connectivity index (χ1) is 11.7. The SMILES string of the molecule is O=c1[nH]c(=O)c(=C\Nc2ccccc2)/c(=C\Sc2ccccc2)[nH]1. The lowest BCUT2D eigenvalue weighted by Crippen LogP contribution is -2.48. The molecule has 0 fully saturated rings. The Balaban J connectivity index is 2.02. The first-order valence-corrected chi connectivity index (χ1v) is 8.17. The Labute approximate surface area is 141 Å². The zero-order valence-corrected chi connectivity index (χ0v) is 13.5. The molecule has 5 nitrogen and oxygen atoms in total. The van der Waals surface area contributed by atoms with E-state index in [2.05, 4.69) is 15.3 Å². The molecule has 3 rings (SSSR count). The summed E-state index contributed by atoms with van der Waals surface area (Å²) in [7, 11) is 0. The number of hydrogen-bond donors (Lipinski definition) is 3. The molecule has 0 radical (unpaired) electrons. The van der Waals surface area contributed by atoms with E-state index in [1.807, 2.05) is 60.7 Å². The molecule has 120 valence electrons. The largest absolute Gasteiger partial charge is 0.361 e. The molecule has 0 atom stereocenters. The van der Waals surface area contributed by atoms with E-state index in [1.165, 1.54) is 11.8 Å². The van der Waals surface area contributed by atoms with Crippen LogP contribution in [0.15, 0.2) is 75.1 Å². The predicted octanol–water partition coefficient (Wildman–Crippen LogP) is 1.44. The summed E-state index contributed by atoms with van der Waals surface area (Å²) >= 11 is 1.43. The highest BCUT2D eigenvalue weighted by molar-refractivity contribution is 8.06. The van der Waals surface area contributed by atoms with Gasteiger partial charge in [-0.15, -0.1) is 0 Å². The average molecular weight is 337 g/mol. The topological polar surface area (TPSA) is 77.8 Å². The van der Waals surface area contributed by atoms with Gasteiger partial charge in [0, 0.05) is 22.2 Å². The molecular formula is C18H15N3O2S. The number of benzene rings is 2. The van der Waals surface area contributed by atoms with Crippen molar-refractivity contribution in [2.24, 2.45) is 0 Å². The van der Waals surface area contributed by atoms with Crippen LogP contribution in [0, 0.1) is 0 Å². The first kappa shape index (κ1) is 15.9. The number of H-pyrrole nitrogens is 2. The molecule has 0 saturated heterocycles. The van der Waals surface area contributed by atoms with Crippen molar-refractivity contribution in [3.63, 3.8) is 0 Å². The molecule has 0 aliphatic rings. The Morgan fingerprint density at radius 2 is 1.54 bits per heavy atom. The molecule has 3 N–H and O–H groups in total. The van der Waals surface area contributed by atoms with Crippen LogP contribution in [0.5, 0.6) is 0 Å². The van der Waals surface area contributed by atoms with Crippen LogP contribution in [0.2, 0.25) is 0 Å². The Morgan fingerprint density at radius 3 is 2.25 bits per heavy atom. The second kappa shape index (κ2) is 7.52. The average Bonchev–Trinajstić information content (AvgIpc) is 2.61. The number of rotatable bonds is 4. The van der Waals surface area contributed by atoms with E-state index in [1.54, 1.807) is 11.6 Å². The number of hydrogen-bond acceptors (Lipinski definition) is 4. The van der Waals surface area contributed by atoms with Crippen LogP contribution < -0.4 is 27.1 Å². The highest BCUT2D eigenvalue weighted by atomic mass is 32.2. The van der Waals surface area contributed by atoms with Crippen molar-refractivity contribution in [3.05, 3.63) is 92.1 Å². The van der Waals surface area contributed by atoms with E-state index < -0.39 is 11.2 Å². The molecule has 0 amide bonds. The molecule has 0 bridgehead atoms. The minimum absolute atomic E-state index is 0.363. The number of nitrogens with one attached hydrogen (secondary N) is 3. The zero-order chi connectivity index (χ0) is 16.8. The van der Waals surface area contributed by atoms with Gasteiger partial charge in [-0.25, -0.2) is 4.79 Å². The maximum absolute atomic E-state index is 12.1. The molecule has 6 heteroatoms. The zero-order valence-electron chi connectivity index (χ0n) is 12.7. The lowest BCUT2D eigenvalue weighted by atomic mass is 10.3. The fourth-order valence-electron chi connectivity index (χ4n) is 2.07. The number of aromatic amines is 2. The maximum atomic E-state index is 12.1. The third kappa shape index (κ3) is 4.05.